The first kappa shape index (κ1) is 8.09. The van der Waals surface area contributed by atoms with Crippen molar-refractivity contribution in [3.63, 3.8) is 0 Å². The zero-order chi connectivity index (χ0) is 7.49. The molecular formula is C3H6F3N3. The Morgan fingerprint density at radius 2 is 1.89 bits per heavy atom. The lowest BCUT2D eigenvalue weighted by molar-refractivity contribution is -0.0930. The lowest BCUT2D eigenvalue weighted by atomic mass is 10.5. The van der Waals surface area contributed by atoms with E-state index in [1.165, 1.54) is 0 Å². The van der Waals surface area contributed by atoms with Gasteiger partial charge in [-0.05, 0) is 0 Å². The Labute approximate surface area is 49.5 Å². The van der Waals surface area contributed by atoms with E-state index in [0.717, 1.165) is 0 Å². The Morgan fingerprint density at radius 3 is 2.00 bits per heavy atom. The van der Waals surface area contributed by atoms with Gasteiger partial charge in [-0.15, -0.1) is 0 Å². The van der Waals surface area contributed by atoms with Crippen molar-refractivity contribution in [3.05, 3.63) is 11.9 Å². The lowest BCUT2D eigenvalue weighted by Crippen LogP contribution is -2.24. The van der Waals surface area contributed by atoms with Gasteiger partial charge in [0.05, 0.1) is 0 Å². The number of hydrogen-bond donors (Lipinski definition) is 3. The Balaban J connectivity index is 4.03. The summed E-state index contributed by atoms with van der Waals surface area (Å²) in [6.45, 7) is 0. The van der Waals surface area contributed by atoms with Crippen molar-refractivity contribution in [2.24, 2.45) is 11.6 Å². The molecule has 0 spiro atoms. The van der Waals surface area contributed by atoms with E-state index < -0.39 is 11.9 Å². The monoisotopic (exact) mass is 141 g/mol. The van der Waals surface area contributed by atoms with Gasteiger partial charge in [0.15, 0.2) is 0 Å². The summed E-state index contributed by atoms with van der Waals surface area (Å²) in [6, 6.07) is 0. The first-order valence-electron chi connectivity index (χ1n) is 1.97. The molecule has 0 aromatic carbocycles. The molecule has 0 aliphatic heterocycles. The number of halogens is 3. The molecular weight excluding hydrogens is 135 g/mol. The van der Waals surface area contributed by atoms with Gasteiger partial charge < -0.3 is 11.2 Å². The lowest BCUT2D eigenvalue weighted by Gasteiger charge is -2.04. The van der Waals surface area contributed by atoms with E-state index >= 15 is 0 Å². The summed E-state index contributed by atoms with van der Waals surface area (Å²) in [5.41, 5.74) is 4.88. The summed E-state index contributed by atoms with van der Waals surface area (Å²) >= 11 is 0. The second-order valence-corrected chi connectivity index (χ2v) is 1.26. The molecule has 0 fully saturated rings. The van der Waals surface area contributed by atoms with Gasteiger partial charge in [0.25, 0.3) is 0 Å². The SMILES string of the molecule is NN/C=C(\N)C(F)(F)F. The molecule has 9 heavy (non-hydrogen) atoms. The average Bonchev–Trinajstić information content (AvgIpc) is 1.64. The quantitative estimate of drug-likeness (QED) is 0.350. The van der Waals surface area contributed by atoms with Crippen LogP contribution in [0.25, 0.3) is 0 Å². The summed E-state index contributed by atoms with van der Waals surface area (Å²) < 4.78 is 34.0. The molecule has 0 rings (SSSR count). The van der Waals surface area contributed by atoms with Crippen LogP contribution in [-0.4, -0.2) is 6.18 Å². The normalized spacial score (nSPS) is 13.6. The minimum absolute atomic E-state index is 0.472. The number of alkyl halides is 3. The maximum atomic E-state index is 11.3. The second-order valence-electron chi connectivity index (χ2n) is 1.26. The van der Waals surface area contributed by atoms with E-state index in [2.05, 4.69) is 11.6 Å². The minimum atomic E-state index is -4.49. The smallest absolute Gasteiger partial charge is 0.393 e. The van der Waals surface area contributed by atoms with Crippen molar-refractivity contribution in [2.75, 3.05) is 0 Å². The van der Waals surface area contributed by atoms with Crippen molar-refractivity contribution in [3.8, 4) is 0 Å². The number of hydrogen-bond acceptors (Lipinski definition) is 3. The molecule has 0 saturated heterocycles. The summed E-state index contributed by atoms with van der Waals surface area (Å²) in [5, 5.41) is 0. The van der Waals surface area contributed by atoms with Crippen LogP contribution in [0, 0.1) is 0 Å². The van der Waals surface area contributed by atoms with Crippen LogP contribution in [0.1, 0.15) is 0 Å². The number of nitrogens with one attached hydrogen (secondary N) is 1. The maximum Gasteiger partial charge on any atom is 0.432 e. The molecule has 6 heteroatoms. The van der Waals surface area contributed by atoms with Crippen molar-refractivity contribution in [1.29, 1.82) is 0 Å². The van der Waals surface area contributed by atoms with Crippen molar-refractivity contribution in [1.82, 2.24) is 5.43 Å². The molecule has 0 aliphatic rings. The van der Waals surface area contributed by atoms with Crippen LogP contribution in [-0.2, 0) is 0 Å². The fourth-order valence-corrected chi connectivity index (χ4v) is 0.172. The number of nitrogens with two attached hydrogens (primary N) is 2. The van der Waals surface area contributed by atoms with Crippen molar-refractivity contribution < 1.29 is 13.2 Å². The Hall–Kier alpha value is -0.910. The first-order valence-corrected chi connectivity index (χ1v) is 1.97. The van der Waals surface area contributed by atoms with Gasteiger partial charge in [-0.25, -0.2) is 0 Å². The van der Waals surface area contributed by atoms with Crippen LogP contribution in [0.2, 0.25) is 0 Å². The van der Waals surface area contributed by atoms with Crippen LogP contribution in [0.3, 0.4) is 0 Å². The highest BCUT2D eigenvalue weighted by Gasteiger charge is 2.31. The van der Waals surface area contributed by atoms with Gasteiger partial charge in [-0.3, -0.25) is 5.84 Å². The topological polar surface area (TPSA) is 64.1 Å². The van der Waals surface area contributed by atoms with E-state index in [9.17, 15) is 13.2 Å². The molecule has 0 saturated carbocycles. The van der Waals surface area contributed by atoms with Crippen LogP contribution in [0.4, 0.5) is 13.2 Å². The predicted octanol–water partition coefficient (Wildman–Crippen LogP) is -0.188. The highest BCUT2D eigenvalue weighted by Crippen LogP contribution is 2.19. The Bertz CT molecular complexity index is 116. The van der Waals surface area contributed by atoms with Gasteiger partial charge in [-0.2, -0.15) is 13.2 Å². The molecule has 0 atom stereocenters. The second kappa shape index (κ2) is 2.58. The Morgan fingerprint density at radius 1 is 1.44 bits per heavy atom. The van der Waals surface area contributed by atoms with Gasteiger partial charge in [0, 0.05) is 6.20 Å². The van der Waals surface area contributed by atoms with Crippen LogP contribution >= 0.6 is 0 Å². The molecule has 0 heterocycles. The van der Waals surface area contributed by atoms with E-state index in [4.69, 9.17) is 0 Å². The van der Waals surface area contributed by atoms with E-state index in [1.807, 2.05) is 0 Å². The fraction of sp³-hybridized carbons (Fsp3) is 0.333. The summed E-state index contributed by atoms with van der Waals surface area (Å²) in [7, 11) is 0. The zero-order valence-corrected chi connectivity index (χ0v) is 4.37. The van der Waals surface area contributed by atoms with Gasteiger partial charge >= 0.3 is 6.18 Å². The largest absolute Gasteiger partial charge is 0.432 e. The molecule has 0 bridgehead atoms. The molecule has 5 N–H and O–H groups in total. The zero-order valence-electron chi connectivity index (χ0n) is 4.37. The standard InChI is InChI=1S/C3H6F3N3/c4-3(5,6)2(7)1-9-8/h1,9H,7-8H2/b2-1-. The van der Waals surface area contributed by atoms with Gasteiger partial charge in [-0.1, -0.05) is 0 Å². The van der Waals surface area contributed by atoms with Gasteiger partial charge in [0.1, 0.15) is 5.70 Å². The van der Waals surface area contributed by atoms with E-state index in [1.54, 1.807) is 5.43 Å². The Kier molecular flexibility index (Phi) is 2.32. The van der Waals surface area contributed by atoms with E-state index in [-0.39, 0.29) is 0 Å². The highest BCUT2D eigenvalue weighted by atomic mass is 19.4. The maximum absolute atomic E-state index is 11.3. The van der Waals surface area contributed by atoms with Crippen molar-refractivity contribution in [2.45, 2.75) is 6.18 Å². The third-order valence-corrected chi connectivity index (χ3v) is 0.566. The summed E-state index contributed by atoms with van der Waals surface area (Å²) in [5.74, 6) is 4.52. The highest BCUT2D eigenvalue weighted by molar-refractivity contribution is 5.01. The number of hydrazine groups is 1. The minimum Gasteiger partial charge on any atom is -0.393 e. The molecule has 0 aromatic heterocycles. The molecule has 0 radical (unpaired) electrons. The fourth-order valence-electron chi connectivity index (χ4n) is 0.172. The first-order chi connectivity index (χ1) is 3.98. The van der Waals surface area contributed by atoms with Crippen LogP contribution in [0.15, 0.2) is 11.9 Å². The molecule has 3 nitrogen and oxygen atoms in total. The van der Waals surface area contributed by atoms with Gasteiger partial charge in [0.2, 0.25) is 0 Å². The molecule has 0 aliphatic carbocycles. The van der Waals surface area contributed by atoms with Crippen LogP contribution < -0.4 is 17.0 Å². The number of allylic oxidation sites excluding steroid dienone is 1. The average molecular weight is 141 g/mol. The molecule has 54 valence electrons. The van der Waals surface area contributed by atoms with Crippen LogP contribution in [0.5, 0.6) is 0 Å². The van der Waals surface area contributed by atoms with Crippen molar-refractivity contribution >= 4 is 0 Å². The molecule has 0 amide bonds. The van der Waals surface area contributed by atoms with E-state index in [0.29, 0.717) is 6.20 Å². The number of rotatable bonds is 1. The predicted molar refractivity (Wildman–Crippen MR) is 25.6 cm³/mol. The molecule has 0 unspecified atom stereocenters. The third kappa shape index (κ3) is 2.81. The molecule has 0 aromatic rings. The summed E-state index contributed by atoms with van der Waals surface area (Å²) in [6.07, 6.45) is -4.02. The summed E-state index contributed by atoms with van der Waals surface area (Å²) in [4.78, 5) is 0. The third-order valence-electron chi connectivity index (χ3n) is 0.566.